The summed E-state index contributed by atoms with van der Waals surface area (Å²) in [5.74, 6) is 1.38. The van der Waals surface area contributed by atoms with E-state index in [1.54, 1.807) is 18.0 Å². The highest BCUT2D eigenvalue weighted by Crippen LogP contribution is 2.28. The Morgan fingerprint density at radius 2 is 2.36 bits per heavy atom. The molecule has 0 spiro atoms. The van der Waals surface area contributed by atoms with Crippen LogP contribution in [-0.2, 0) is 0 Å². The normalized spacial score (nSPS) is 20.8. The van der Waals surface area contributed by atoms with Gasteiger partial charge in [-0.25, -0.2) is 4.98 Å². The molecule has 1 fully saturated rings. The number of hydrogen-bond donors (Lipinski definition) is 1. The van der Waals surface area contributed by atoms with Crippen molar-refractivity contribution in [2.24, 2.45) is 0 Å². The summed E-state index contributed by atoms with van der Waals surface area (Å²) in [6.45, 7) is 3.86. The lowest BCUT2D eigenvalue weighted by molar-refractivity contribution is 0.0925. The van der Waals surface area contributed by atoms with Gasteiger partial charge in [-0.15, -0.1) is 11.3 Å². The van der Waals surface area contributed by atoms with Crippen LogP contribution >= 0.6 is 23.1 Å². The molecule has 2 aromatic heterocycles. The predicted octanol–water partition coefficient (Wildman–Crippen LogP) is 2.68. The maximum absolute atomic E-state index is 12.6. The van der Waals surface area contributed by atoms with Gasteiger partial charge in [-0.2, -0.15) is 17.0 Å². The number of amides is 1. The Morgan fingerprint density at radius 3 is 2.95 bits per heavy atom. The van der Waals surface area contributed by atoms with Crippen LogP contribution in [0.3, 0.4) is 0 Å². The Hall–Kier alpha value is -1.78. The largest absolute Gasteiger partial charge is 0.333 e. The Bertz CT molecular complexity index is 736. The number of rotatable bonds is 3. The fourth-order valence-electron chi connectivity index (χ4n) is 2.68. The summed E-state index contributed by atoms with van der Waals surface area (Å²) in [6.07, 6.45) is 2.45. The molecule has 0 aromatic carbocycles. The van der Waals surface area contributed by atoms with Crippen molar-refractivity contribution in [2.45, 2.75) is 25.8 Å². The molecule has 7 heteroatoms. The fourth-order valence-corrected chi connectivity index (χ4v) is 4.70. The van der Waals surface area contributed by atoms with E-state index < -0.39 is 5.54 Å². The summed E-state index contributed by atoms with van der Waals surface area (Å²) in [5, 5.41) is 15.1. The highest BCUT2D eigenvalue weighted by atomic mass is 32.2. The van der Waals surface area contributed by atoms with Crippen molar-refractivity contribution in [3.8, 4) is 11.2 Å². The number of aryl methyl sites for hydroxylation is 1. The van der Waals surface area contributed by atoms with Crippen molar-refractivity contribution < 1.29 is 4.79 Å². The molecule has 1 atom stereocenters. The van der Waals surface area contributed by atoms with Crippen LogP contribution in [0.25, 0.3) is 5.13 Å². The highest BCUT2D eigenvalue weighted by molar-refractivity contribution is 7.99. The Kier molecular flexibility index (Phi) is 3.98. The van der Waals surface area contributed by atoms with Gasteiger partial charge in [0.1, 0.15) is 5.54 Å². The maximum atomic E-state index is 12.6. The molecule has 2 aromatic rings. The van der Waals surface area contributed by atoms with Gasteiger partial charge in [0, 0.05) is 28.7 Å². The first kappa shape index (κ1) is 15.1. The number of nitrogens with one attached hydrogen (secondary N) is 1. The molecule has 0 saturated carbocycles. The fraction of sp³-hybridized carbons (Fsp3) is 0.400. The molecule has 3 rings (SSSR count). The van der Waals surface area contributed by atoms with E-state index in [9.17, 15) is 10.1 Å². The van der Waals surface area contributed by atoms with Crippen LogP contribution in [0.15, 0.2) is 17.6 Å². The number of nitriles is 1. The average Bonchev–Trinajstić information content (AvgIpc) is 3.20. The lowest BCUT2D eigenvalue weighted by Crippen LogP contribution is -2.47. The molecule has 1 aliphatic rings. The van der Waals surface area contributed by atoms with E-state index in [4.69, 9.17) is 0 Å². The van der Waals surface area contributed by atoms with E-state index >= 15 is 0 Å². The molecule has 0 bridgehead atoms. The number of carbonyl (C=O) groups excluding carboxylic acids is 1. The van der Waals surface area contributed by atoms with E-state index in [0.29, 0.717) is 17.7 Å². The number of thioether (sulfide) groups is 1. The molecule has 5 nitrogen and oxygen atoms in total. The summed E-state index contributed by atoms with van der Waals surface area (Å²) < 4.78 is 1.97. The summed E-state index contributed by atoms with van der Waals surface area (Å²) in [6, 6.07) is 4.14. The molecule has 0 aliphatic carbocycles. The van der Waals surface area contributed by atoms with Crippen molar-refractivity contribution in [3.63, 3.8) is 0 Å². The zero-order chi connectivity index (χ0) is 15.7. The third-order valence-corrected chi connectivity index (χ3v) is 5.82. The molecule has 1 amide bonds. The maximum Gasteiger partial charge on any atom is 0.254 e. The standard InChI is InChI=1S/C15H16N4OS2/c1-10-7-12(11(2)19(10)14-17-4-6-22-14)13(20)18-15(8-16)3-5-21-9-15/h4,6-7H,3,5,9H2,1-2H3,(H,18,20). The Labute approximate surface area is 137 Å². The van der Waals surface area contributed by atoms with Crippen molar-refractivity contribution in [1.29, 1.82) is 5.26 Å². The molecular weight excluding hydrogens is 316 g/mol. The van der Waals surface area contributed by atoms with Crippen molar-refractivity contribution in [3.05, 3.63) is 34.6 Å². The Balaban J connectivity index is 1.91. The lowest BCUT2D eigenvalue weighted by Gasteiger charge is -2.21. The van der Waals surface area contributed by atoms with Gasteiger partial charge in [-0.3, -0.25) is 9.36 Å². The summed E-state index contributed by atoms with van der Waals surface area (Å²) in [4.78, 5) is 16.9. The molecule has 114 valence electrons. The van der Waals surface area contributed by atoms with Gasteiger partial charge in [0.2, 0.25) is 0 Å². The van der Waals surface area contributed by atoms with Gasteiger partial charge in [-0.1, -0.05) is 0 Å². The third-order valence-electron chi connectivity index (χ3n) is 3.87. The smallest absolute Gasteiger partial charge is 0.254 e. The minimum Gasteiger partial charge on any atom is -0.333 e. The van der Waals surface area contributed by atoms with E-state index in [-0.39, 0.29) is 5.91 Å². The van der Waals surface area contributed by atoms with E-state index in [0.717, 1.165) is 22.3 Å². The molecular formula is C15H16N4OS2. The predicted molar refractivity (Wildman–Crippen MR) is 88.7 cm³/mol. The van der Waals surface area contributed by atoms with Gasteiger partial charge in [-0.05, 0) is 32.1 Å². The van der Waals surface area contributed by atoms with Crippen LogP contribution < -0.4 is 5.32 Å². The first-order valence-corrected chi connectivity index (χ1v) is 9.00. The topological polar surface area (TPSA) is 70.7 Å². The molecule has 1 N–H and O–H groups in total. The minimum absolute atomic E-state index is 0.181. The van der Waals surface area contributed by atoms with Crippen molar-refractivity contribution >= 4 is 29.0 Å². The van der Waals surface area contributed by atoms with Gasteiger partial charge in [0.15, 0.2) is 5.13 Å². The van der Waals surface area contributed by atoms with Crippen molar-refractivity contribution in [2.75, 3.05) is 11.5 Å². The SMILES string of the molecule is Cc1cc(C(=O)NC2(C#N)CCSC2)c(C)n1-c1nccs1. The van der Waals surface area contributed by atoms with Crippen molar-refractivity contribution in [1.82, 2.24) is 14.9 Å². The van der Waals surface area contributed by atoms with Gasteiger partial charge in [0.25, 0.3) is 5.91 Å². The van der Waals surface area contributed by atoms with E-state index in [2.05, 4.69) is 16.4 Å². The quantitative estimate of drug-likeness (QED) is 0.938. The molecule has 1 saturated heterocycles. The van der Waals surface area contributed by atoms with Crippen LogP contribution in [0, 0.1) is 25.2 Å². The Morgan fingerprint density at radius 1 is 1.55 bits per heavy atom. The van der Waals surface area contributed by atoms with Gasteiger partial charge in [0.05, 0.1) is 11.6 Å². The molecule has 0 radical (unpaired) electrons. The van der Waals surface area contributed by atoms with Gasteiger partial charge >= 0.3 is 0 Å². The summed E-state index contributed by atoms with van der Waals surface area (Å²) >= 11 is 3.23. The number of carbonyl (C=O) groups is 1. The summed E-state index contributed by atoms with van der Waals surface area (Å²) in [7, 11) is 0. The van der Waals surface area contributed by atoms with E-state index in [1.807, 2.05) is 29.9 Å². The number of aromatic nitrogens is 2. The highest BCUT2D eigenvalue weighted by Gasteiger charge is 2.36. The minimum atomic E-state index is -0.731. The lowest BCUT2D eigenvalue weighted by atomic mass is 10.0. The van der Waals surface area contributed by atoms with Crippen LogP contribution in [0.1, 0.15) is 28.2 Å². The zero-order valence-corrected chi connectivity index (χ0v) is 14.1. The zero-order valence-electron chi connectivity index (χ0n) is 12.4. The number of thiazole rings is 1. The third kappa shape index (κ3) is 2.53. The molecule has 3 heterocycles. The monoisotopic (exact) mass is 332 g/mol. The number of nitrogens with zero attached hydrogens (tertiary/aromatic N) is 3. The first-order chi connectivity index (χ1) is 10.6. The van der Waals surface area contributed by atoms with Gasteiger partial charge < -0.3 is 5.32 Å². The molecule has 22 heavy (non-hydrogen) atoms. The van der Waals surface area contributed by atoms with Crippen LogP contribution in [0.2, 0.25) is 0 Å². The summed E-state index contributed by atoms with van der Waals surface area (Å²) in [5.41, 5.74) is 1.69. The van der Waals surface area contributed by atoms with Crippen LogP contribution in [0.5, 0.6) is 0 Å². The molecule has 1 aliphatic heterocycles. The second-order valence-electron chi connectivity index (χ2n) is 5.39. The second kappa shape index (κ2) is 5.78. The van der Waals surface area contributed by atoms with E-state index in [1.165, 1.54) is 11.3 Å². The molecule has 1 unspecified atom stereocenters. The number of hydrogen-bond acceptors (Lipinski definition) is 5. The second-order valence-corrected chi connectivity index (χ2v) is 7.36. The van der Waals surface area contributed by atoms with Crippen LogP contribution in [-0.4, -0.2) is 32.5 Å². The average molecular weight is 332 g/mol. The first-order valence-electron chi connectivity index (χ1n) is 6.97. The van der Waals surface area contributed by atoms with Crippen LogP contribution in [0.4, 0.5) is 0 Å².